The van der Waals surface area contributed by atoms with E-state index in [-0.39, 0.29) is 33.0 Å². The summed E-state index contributed by atoms with van der Waals surface area (Å²) in [6.45, 7) is 3.10. The molecule has 28 heavy (non-hydrogen) atoms. The molecule has 1 heterocycles. The third-order valence-corrected chi connectivity index (χ3v) is 4.73. The molecule has 0 aliphatic carbocycles. The Labute approximate surface area is 165 Å². The average Bonchev–Trinajstić information content (AvgIpc) is 2.67. The van der Waals surface area contributed by atoms with Crippen LogP contribution in [0.2, 0.25) is 5.02 Å². The molecule has 0 radical (unpaired) electrons. The summed E-state index contributed by atoms with van der Waals surface area (Å²) in [6, 6.07) is 6.29. The van der Waals surface area contributed by atoms with Gasteiger partial charge in [0.05, 0.1) is 25.6 Å². The van der Waals surface area contributed by atoms with E-state index in [1.165, 1.54) is 25.0 Å². The SMILES string of the molecule is COc1cc(OC)c(Cl)c(-n2nc(C)c(=O)c(C)c2-c2ccc(F)cc2F)c1. The van der Waals surface area contributed by atoms with E-state index in [1.807, 2.05) is 0 Å². The number of benzene rings is 2. The van der Waals surface area contributed by atoms with Crippen LogP contribution in [-0.2, 0) is 0 Å². The molecule has 0 atom stereocenters. The van der Waals surface area contributed by atoms with Crippen LogP contribution in [0.25, 0.3) is 16.9 Å². The summed E-state index contributed by atoms with van der Waals surface area (Å²) in [4.78, 5) is 12.5. The van der Waals surface area contributed by atoms with Gasteiger partial charge in [-0.2, -0.15) is 5.10 Å². The van der Waals surface area contributed by atoms with Crippen molar-refractivity contribution in [1.82, 2.24) is 9.78 Å². The number of methoxy groups -OCH3 is 2. The predicted molar refractivity (Wildman–Crippen MR) is 103 cm³/mol. The Morgan fingerprint density at radius 2 is 1.79 bits per heavy atom. The number of hydrogen-bond acceptors (Lipinski definition) is 4. The fourth-order valence-corrected chi connectivity index (χ4v) is 3.20. The molecule has 5 nitrogen and oxygen atoms in total. The second kappa shape index (κ2) is 7.59. The Bertz CT molecular complexity index is 1130. The van der Waals surface area contributed by atoms with Crippen molar-refractivity contribution in [2.24, 2.45) is 0 Å². The number of rotatable bonds is 4. The van der Waals surface area contributed by atoms with Gasteiger partial charge in [0.2, 0.25) is 5.43 Å². The van der Waals surface area contributed by atoms with Gasteiger partial charge >= 0.3 is 0 Å². The molecule has 0 unspecified atom stereocenters. The van der Waals surface area contributed by atoms with Crippen molar-refractivity contribution in [2.45, 2.75) is 13.8 Å². The molecule has 2 aromatic carbocycles. The van der Waals surface area contributed by atoms with Crippen LogP contribution in [0, 0.1) is 25.5 Å². The van der Waals surface area contributed by atoms with Crippen molar-refractivity contribution < 1.29 is 18.3 Å². The molecule has 8 heteroatoms. The smallest absolute Gasteiger partial charge is 0.206 e. The van der Waals surface area contributed by atoms with Gasteiger partial charge < -0.3 is 9.47 Å². The van der Waals surface area contributed by atoms with Crippen LogP contribution in [0.5, 0.6) is 11.5 Å². The highest BCUT2D eigenvalue weighted by Gasteiger charge is 2.22. The normalized spacial score (nSPS) is 10.8. The van der Waals surface area contributed by atoms with E-state index in [0.717, 1.165) is 12.1 Å². The highest BCUT2D eigenvalue weighted by atomic mass is 35.5. The van der Waals surface area contributed by atoms with Gasteiger partial charge in [-0.25, -0.2) is 13.5 Å². The first-order valence-electron chi connectivity index (χ1n) is 8.26. The minimum absolute atomic E-state index is 0.0151. The molecule has 3 rings (SSSR count). The molecule has 3 aromatic rings. The first-order valence-corrected chi connectivity index (χ1v) is 8.64. The van der Waals surface area contributed by atoms with E-state index >= 15 is 0 Å². The Balaban J connectivity index is 2.45. The van der Waals surface area contributed by atoms with E-state index in [0.29, 0.717) is 17.2 Å². The fourth-order valence-electron chi connectivity index (χ4n) is 2.93. The molecule has 0 fully saturated rings. The number of ether oxygens (including phenoxy) is 2. The third-order valence-electron chi connectivity index (χ3n) is 4.35. The van der Waals surface area contributed by atoms with Crippen LogP contribution in [0.15, 0.2) is 35.1 Å². The minimum atomic E-state index is -0.826. The van der Waals surface area contributed by atoms with Crippen molar-refractivity contribution in [1.29, 1.82) is 0 Å². The van der Waals surface area contributed by atoms with Crippen molar-refractivity contribution in [2.75, 3.05) is 14.2 Å². The molecule has 0 N–H and O–H groups in total. The molecule has 0 aliphatic rings. The Kier molecular flexibility index (Phi) is 5.38. The van der Waals surface area contributed by atoms with Crippen LogP contribution in [0.4, 0.5) is 8.78 Å². The minimum Gasteiger partial charge on any atom is -0.497 e. The summed E-state index contributed by atoms with van der Waals surface area (Å²) in [5, 5.41) is 4.50. The standard InChI is InChI=1S/C20H17ClF2N2O3/c1-10-19(14-6-5-12(22)7-15(14)23)25(24-11(2)20(10)26)16-8-13(27-3)9-17(28-4)18(16)21/h5-9H,1-4H3. The molecule has 0 aliphatic heterocycles. The highest BCUT2D eigenvalue weighted by molar-refractivity contribution is 6.34. The quantitative estimate of drug-likeness (QED) is 0.641. The van der Waals surface area contributed by atoms with Crippen molar-refractivity contribution in [3.63, 3.8) is 0 Å². The fraction of sp³-hybridized carbons (Fsp3) is 0.200. The molecule has 0 bridgehead atoms. The molecular formula is C20H17ClF2N2O3. The van der Waals surface area contributed by atoms with E-state index < -0.39 is 11.6 Å². The molecule has 0 saturated carbocycles. The third kappa shape index (κ3) is 3.33. The lowest BCUT2D eigenvalue weighted by atomic mass is 10.0. The summed E-state index contributed by atoms with van der Waals surface area (Å²) < 4.78 is 39.9. The van der Waals surface area contributed by atoms with E-state index in [2.05, 4.69) is 5.10 Å². The van der Waals surface area contributed by atoms with Crippen LogP contribution < -0.4 is 14.9 Å². The van der Waals surface area contributed by atoms with E-state index in [4.69, 9.17) is 21.1 Å². The van der Waals surface area contributed by atoms with Crippen LogP contribution in [0.1, 0.15) is 11.3 Å². The Morgan fingerprint density at radius 1 is 1.07 bits per heavy atom. The highest BCUT2D eigenvalue weighted by Crippen LogP contribution is 2.37. The van der Waals surface area contributed by atoms with E-state index in [9.17, 15) is 13.6 Å². The molecule has 1 aromatic heterocycles. The second-order valence-electron chi connectivity index (χ2n) is 6.09. The first kappa shape index (κ1) is 19.8. The zero-order valence-electron chi connectivity index (χ0n) is 15.6. The van der Waals surface area contributed by atoms with Crippen molar-refractivity contribution >= 4 is 11.6 Å². The van der Waals surface area contributed by atoms with Crippen LogP contribution >= 0.6 is 11.6 Å². The summed E-state index contributed by atoms with van der Waals surface area (Å²) in [5.74, 6) is -0.809. The first-order chi connectivity index (χ1) is 13.3. The molecular weight excluding hydrogens is 390 g/mol. The molecule has 146 valence electrons. The number of nitrogens with zero attached hydrogens (tertiary/aromatic N) is 2. The van der Waals surface area contributed by atoms with E-state index in [1.54, 1.807) is 26.0 Å². The average molecular weight is 407 g/mol. The molecule has 0 saturated heterocycles. The zero-order chi connectivity index (χ0) is 20.6. The number of hydrogen-bond donors (Lipinski definition) is 0. The number of halogens is 3. The maximum Gasteiger partial charge on any atom is 0.206 e. The van der Waals surface area contributed by atoms with Gasteiger partial charge in [0.25, 0.3) is 0 Å². The Morgan fingerprint density at radius 3 is 2.39 bits per heavy atom. The maximum absolute atomic E-state index is 14.6. The Hall–Kier alpha value is -2.93. The summed E-state index contributed by atoms with van der Waals surface area (Å²) in [6.07, 6.45) is 0. The van der Waals surface area contributed by atoms with Gasteiger partial charge in [-0.3, -0.25) is 4.79 Å². The number of aromatic nitrogens is 2. The van der Waals surface area contributed by atoms with Crippen LogP contribution in [0.3, 0.4) is 0 Å². The van der Waals surface area contributed by atoms with Gasteiger partial charge in [-0.1, -0.05) is 11.6 Å². The van der Waals surface area contributed by atoms with Gasteiger partial charge in [-0.05, 0) is 26.0 Å². The van der Waals surface area contributed by atoms with Crippen molar-refractivity contribution in [3.8, 4) is 28.4 Å². The zero-order valence-corrected chi connectivity index (χ0v) is 16.4. The van der Waals surface area contributed by atoms with Crippen molar-refractivity contribution in [3.05, 3.63) is 68.5 Å². The lowest BCUT2D eigenvalue weighted by Gasteiger charge is -2.19. The van der Waals surface area contributed by atoms with Gasteiger partial charge in [0, 0.05) is 29.3 Å². The topological polar surface area (TPSA) is 53.4 Å². The number of aryl methyl sites for hydroxylation is 1. The molecule has 0 amide bonds. The summed E-state index contributed by atoms with van der Waals surface area (Å²) in [7, 11) is 2.92. The lowest BCUT2D eigenvalue weighted by molar-refractivity contribution is 0.394. The van der Waals surface area contributed by atoms with Gasteiger partial charge in [-0.15, -0.1) is 0 Å². The predicted octanol–water partition coefficient (Wildman–Crippen LogP) is 4.47. The largest absolute Gasteiger partial charge is 0.497 e. The monoisotopic (exact) mass is 406 g/mol. The maximum atomic E-state index is 14.6. The molecule has 0 spiro atoms. The van der Waals surface area contributed by atoms with Gasteiger partial charge in [0.15, 0.2) is 0 Å². The van der Waals surface area contributed by atoms with Crippen LogP contribution in [-0.4, -0.2) is 24.0 Å². The lowest BCUT2D eigenvalue weighted by Crippen LogP contribution is -2.21. The summed E-state index contributed by atoms with van der Waals surface area (Å²) >= 11 is 6.47. The van der Waals surface area contributed by atoms with Gasteiger partial charge in [0.1, 0.15) is 33.9 Å². The second-order valence-corrected chi connectivity index (χ2v) is 6.46. The summed E-state index contributed by atoms with van der Waals surface area (Å²) in [5.41, 5.74) is 0.591.